The Balaban J connectivity index is 1.47. The standard InChI is InChI=1S/C17H21ClN4O2/c1-21-9-13(8-20-21)11-22-5-4-12(10-22)7-19-17(24)14-2-3-16(23)15(18)6-14/h2-3,6,8-9,12,23H,4-5,7,10-11H2,1H3,(H,19,24)/t12-/m1/s1. The number of nitrogens with zero attached hydrogens (tertiary/aromatic N) is 3. The summed E-state index contributed by atoms with van der Waals surface area (Å²) in [6.07, 6.45) is 4.99. The predicted octanol–water partition coefficient (Wildman–Crippen LogP) is 2.03. The van der Waals surface area contributed by atoms with Crippen LogP contribution >= 0.6 is 11.6 Å². The van der Waals surface area contributed by atoms with Crippen LogP contribution in [-0.4, -0.2) is 45.3 Å². The van der Waals surface area contributed by atoms with Crippen LogP contribution in [0.3, 0.4) is 0 Å². The van der Waals surface area contributed by atoms with Crippen LogP contribution in [-0.2, 0) is 13.6 Å². The van der Waals surface area contributed by atoms with Crippen molar-refractivity contribution in [3.63, 3.8) is 0 Å². The first kappa shape index (κ1) is 16.8. The summed E-state index contributed by atoms with van der Waals surface area (Å²) in [5, 5.41) is 16.7. The number of aryl methyl sites for hydroxylation is 1. The molecule has 24 heavy (non-hydrogen) atoms. The van der Waals surface area contributed by atoms with Crippen LogP contribution in [0.25, 0.3) is 0 Å². The Morgan fingerprint density at radius 3 is 3.04 bits per heavy atom. The van der Waals surface area contributed by atoms with E-state index in [9.17, 15) is 9.90 Å². The van der Waals surface area contributed by atoms with Crippen molar-refractivity contribution < 1.29 is 9.90 Å². The Labute approximate surface area is 146 Å². The van der Waals surface area contributed by atoms with Gasteiger partial charge in [0.15, 0.2) is 0 Å². The van der Waals surface area contributed by atoms with Gasteiger partial charge in [0.25, 0.3) is 5.91 Å². The minimum Gasteiger partial charge on any atom is -0.506 e. The molecule has 0 spiro atoms. The maximum atomic E-state index is 12.2. The smallest absolute Gasteiger partial charge is 0.251 e. The van der Waals surface area contributed by atoms with E-state index in [-0.39, 0.29) is 16.7 Å². The van der Waals surface area contributed by atoms with Gasteiger partial charge in [0.1, 0.15) is 5.75 Å². The highest BCUT2D eigenvalue weighted by Crippen LogP contribution is 2.23. The molecule has 0 saturated carbocycles. The number of hydrogen-bond acceptors (Lipinski definition) is 4. The number of hydrogen-bond donors (Lipinski definition) is 2. The number of phenols is 1. The van der Waals surface area contributed by atoms with Gasteiger partial charge >= 0.3 is 0 Å². The minimum atomic E-state index is -0.164. The van der Waals surface area contributed by atoms with Gasteiger partial charge in [-0.1, -0.05) is 11.6 Å². The molecule has 1 atom stereocenters. The maximum Gasteiger partial charge on any atom is 0.251 e. The van der Waals surface area contributed by atoms with Crippen molar-refractivity contribution in [3.8, 4) is 5.75 Å². The molecule has 1 aromatic heterocycles. The summed E-state index contributed by atoms with van der Waals surface area (Å²) in [6, 6.07) is 4.48. The lowest BCUT2D eigenvalue weighted by Gasteiger charge is -2.15. The molecule has 0 unspecified atom stereocenters. The van der Waals surface area contributed by atoms with Gasteiger partial charge in [-0.25, -0.2) is 0 Å². The van der Waals surface area contributed by atoms with Crippen LogP contribution in [0.15, 0.2) is 30.6 Å². The molecule has 1 saturated heterocycles. The molecule has 7 heteroatoms. The lowest BCUT2D eigenvalue weighted by Crippen LogP contribution is -2.30. The van der Waals surface area contributed by atoms with E-state index in [2.05, 4.69) is 15.3 Å². The summed E-state index contributed by atoms with van der Waals surface area (Å²) in [5.41, 5.74) is 1.67. The minimum absolute atomic E-state index is 0.0185. The average molecular weight is 349 g/mol. The SMILES string of the molecule is Cn1cc(CN2CC[C@H](CNC(=O)c3ccc(O)c(Cl)c3)C2)cn1. The summed E-state index contributed by atoms with van der Waals surface area (Å²) in [7, 11) is 1.92. The zero-order valence-corrected chi connectivity index (χ0v) is 14.3. The molecular formula is C17H21ClN4O2. The molecule has 1 amide bonds. The third-order valence-corrected chi connectivity index (χ3v) is 4.60. The number of nitrogens with one attached hydrogen (secondary N) is 1. The second kappa shape index (κ2) is 7.23. The van der Waals surface area contributed by atoms with Crippen molar-refractivity contribution in [3.05, 3.63) is 46.7 Å². The van der Waals surface area contributed by atoms with Crippen LogP contribution in [0.4, 0.5) is 0 Å². The summed E-state index contributed by atoms with van der Waals surface area (Å²) in [6.45, 7) is 3.53. The zero-order chi connectivity index (χ0) is 17.1. The largest absolute Gasteiger partial charge is 0.506 e. The fourth-order valence-corrected chi connectivity index (χ4v) is 3.20. The van der Waals surface area contributed by atoms with Gasteiger partial charge < -0.3 is 10.4 Å². The van der Waals surface area contributed by atoms with Crippen molar-refractivity contribution in [1.29, 1.82) is 0 Å². The topological polar surface area (TPSA) is 70.4 Å². The van der Waals surface area contributed by atoms with E-state index in [4.69, 9.17) is 11.6 Å². The number of aromatic nitrogens is 2. The van der Waals surface area contributed by atoms with E-state index in [1.165, 1.54) is 17.7 Å². The number of likely N-dealkylation sites (tertiary alicyclic amines) is 1. The van der Waals surface area contributed by atoms with Crippen molar-refractivity contribution in [1.82, 2.24) is 20.0 Å². The first-order valence-electron chi connectivity index (χ1n) is 7.98. The molecular weight excluding hydrogens is 328 g/mol. The molecule has 0 radical (unpaired) electrons. The second-order valence-electron chi connectivity index (χ2n) is 6.29. The van der Waals surface area contributed by atoms with E-state index in [1.807, 2.05) is 24.1 Å². The van der Waals surface area contributed by atoms with Gasteiger partial charge in [0.2, 0.25) is 0 Å². The summed E-state index contributed by atoms with van der Waals surface area (Å²) >= 11 is 5.84. The number of halogens is 1. The van der Waals surface area contributed by atoms with Crippen LogP contribution < -0.4 is 5.32 Å². The summed E-state index contributed by atoms with van der Waals surface area (Å²) < 4.78 is 1.81. The van der Waals surface area contributed by atoms with Gasteiger partial charge in [0, 0.05) is 44.0 Å². The third-order valence-electron chi connectivity index (χ3n) is 4.30. The molecule has 0 aliphatic carbocycles. The number of amides is 1. The molecule has 2 N–H and O–H groups in total. The number of aromatic hydroxyl groups is 1. The van der Waals surface area contributed by atoms with Gasteiger partial charge in [-0.15, -0.1) is 0 Å². The van der Waals surface area contributed by atoms with Gasteiger partial charge in [0.05, 0.1) is 11.2 Å². The molecule has 6 nitrogen and oxygen atoms in total. The van der Waals surface area contributed by atoms with Crippen LogP contribution in [0.5, 0.6) is 5.75 Å². The fourth-order valence-electron chi connectivity index (χ4n) is 3.02. The lowest BCUT2D eigenvalue weighted by atomic mass is 10.1. The molecule has 1 fully saturated rings. The van der Waals surface area contributed by atoms with Crippen LogP contribution in [0, 0.1) is 5.92 Å². The van der Waals surface area contributed by atoms with Crippen molar-refractivity contribution in [2.75, 3.05) is 19.6 Å². The Morgan fingerprint density at radius 1 is 1.50 bits per heavy atom. The number of phenolic OH excluding ortho intramolecular Hbond substituents is 1. The normalized spacial score (nSPS) is 18.0. The van der Waals surface area contributed by atoms with Crippen LogP contribution in [0.2, 0.25) is 5.02 Å². The molecule has 1 aliphatic heterocycles. The maximum absolute atomic E-state index is 12.2. The summed E-state index contributed by atoms with van der Waals surface area (Å²) in [4.78, 5) is 14.5. The molecule has 128 valence electrons. The highest BCUT2D eigenvalue weighted by atomic mass is 35.5. The molecule has 3 rings (SSSR count). The summed E-state index contributed by atoms with van der Waals surface area (Å²) in [5.74, 6) is 0.260. The highest BCUT2D eigenvalue weighted by molar-refractivity contribution is 6.32. The number of carbonyl (C=O) groups excluding carboxylic acids is 1. The van der Waals surface area contributed by atoms with Crippen molar-refractivity contribution in [2.24, 2.45) is 13.0 Å². The molecule has 0 bridgehead atoms. The van der Waals surface area contributed by atoms with Crippen molar-refractivity contribution >= 4 is 17.5 Å². The average Bonchev–Trinajstić information content (AvgIpc) is 3.17. The van der Waals surface area contributed by atoms with E-state index in [1.54, 1.807) is 6.07 Å². The Hall–Kier alpha value is -2.05. The van der Waals surface area contributed by atoms with E-state index in [0.29, 0.717) is 18.0 Å². The molecule has 2 heterocycles. The number of rotatable bonds is 5. The van der Waals surface area contributed by atoms with E-state index >= 15 is 0 Å². The second-order valence-corrected chi connectivity index (χ2v) is 6.70. The number of carbonyl (C=O) groups is 1. The molecule has 1 aromatic carbocycles. The fraction of sp³-hybridized carbons (Fsp3) is 0.412. The van der Waals surface area contributed by atoms with Gasteiger partial charge in [-0.3, -0.25) is 14.4 Å². The Bertz CT molecular complexity index is 731. The van der Waals surface area contributed by atoms with Gasteiger partial charge in [-0.05, 0) is 37.1 Å². The highest BCUT2D eigenvalue weighted by Gasteiger charge is 2.23. The first-order valence-corrected chi connectivity index (χ1v) is 8.35. The molecule has 1 aliphatic rings. The first-order chi connectivity index (χ1) is 11.5. The third kappa shape index (κ3) is 4.07. The lowest BCUT2D eigenvalue weighted by molar-refractivity contribution is 0.0947. The molecule has 2 aromatic rings. The monoisotopic (exact) mass is 348 g/mol. The van der Waals surface area contributed by atoms with Crippen molar-refractivity contribution in [2.45, 2.75) is 13.0 Å². The zero-order valence-electron chi connectivity index (χ0n) is 13.6. The van der Waals surface area contributed by atoms with E-state index < -0.39 is 0 Å². The van der Waals surface area contributed by atoms with Crippen LogP contribution in [0.1, 0.15) is 22.3 Å². The Kier molecular flexibility index (Phi) is 5.06. The quantitative estimate of drug-likeness (QED) is 0.867. The van der Waals surface area contributed by atoms with E-state index in [0.717, 1.165) is 26.1 Å². The number of benzene rings is 1. The predicted molar refractivity (Wildman–Crippen MR) is 92.0 cm³/mol. The van der Waals surface area contributed by atoms with Gasteiger partial charge in [-0.2, -0.15) is 5.10 Å². The Morgan fingerprint density at radius 2 is 2.33 bits per heavy atom.